The molecule has 118 valence electrons. The minimum Gasteiger partial charge on any atom is -0.492 e. The van der Waals surface area contributed by atoms with E-state index in [0.29, 0.717) is 22.4 Å². The number of hydrogen-bond donors (Lipinski definition) is 1. The van der Waals surface area contributed by atoms with Crippen LogP contribution in [0.25, 0.3) is 0 Å². The molecule has 0 spiro atoms. The highest BCUT2D eigenvalue weighted by molar-refractivity contribution is 7.19. The number of rotatable bonds is 4. The third kappa shape index (κ3) is 3.08. The number of carbonyl (C=O) groups excluding carboxylic acids is 1. The van der Waals surface area contributed by atoms with E-state index in [-0.39, 0.29) is 0 Å². The Morgan fingerprint density at radius 1 is 1.33 bits per heavy atom. The molecular weight excluding hydrogens is 290 g/mol. The summed E-state index contributed by atoms with van der Waals surface area (Å²) >= 11 is 1.35. The van der Waals surface area contributed by atoms with Crippen molar-refractivity contribution in [3.05, 3.63) is 4.88 Å². The zero-order chi connectivity index (χ0) is 15.6. The van der Waals surface area contributed by atoms with Crippen LogP contribution >= 0.6 is 11.3 Å². The fraction of sp³-hybridized carbons (Fsp3) is 0.643. The summed E-state index contributed by atoms with van der Waals surface area (Å²) in [5.41, 5.74) is 6.40. The summed E-state index contributed by atoms with van der Waals surface area (Å²) in [7, 11) is 7.16. The number of anilines is 2. The molecule has 0 radical (unpaired) electrons. The number of ether oxygens (including phenoxy) is 2. The number of carbonyl (C=O) groups is 1. The molecule has 0 unspecified atom stereocenters. The standard InChI is InChI=1S/C14H23N3O3S/c1-16(2)9-5-7-17(8-6-9)13-11(19-3)10(15)12(21-13)14(18)20-4/h9H,5-8,15H2,1-4H3. The van der Waals surface area contributed by atoms with E-state index < -0.39 is 5.97 Å². The first kappa shape index (κ1) is 15.9. The van der Waals surface area contributed by atoms with E-state index in [2.05, 4.69) is 23.9 Å². The van der Waals surface area contributed by atoms with E-state index in [9.17, 15) is 4.79 Å². The van der Waals surface area contributed by atoms with Gasteiger partial charge in [0.25, 0.3) is 0 Å². The van der Waals surface area contributed by atoms with Gasteiger partial charge in [-0.25, -0.2) is 4.79 Å². The summed E-state index contributed by atoms with van der Waals surface area (Å²) < 4.78 is 10.2. The maximum Gasteiger partial charge on any atom is 0.350 e. The molecule has 0 atom stereocenters. The average molecular weight is 313 g/mol. The van der Waals surface area contributed by atoms with Gasteiger partial charge in [-0.3, -0.25) is 0 Å². The number of thiophene rings is 1. The summed E-state index contributed by atoms with van der Waals surface area (Å²) in [4.78, 5) is 16.7. The second-order valence-corrected chi connectivity index (χ2v) is 6.36. The Hall–Kier alpha value is -1.47. The highest BCUT2D eigenvalue weighted by atomic mass is 32.1. The monoisotopic (exact) mass is 313 g/mol. The molecule has 7 heteroatoms. The molecule has 0 aliphatic carbocycles. The van der Waals surface area contributed by atoms with E-state index in [4.69, 9.17) is 15.2 Å². The summed E-state index contributed by atoms with van der Waals surface area (Å²) in [6, 6.07) is 0.602. The third-order valence-electron chi connectivity index (χ3n) is 3.94. The van der Waals surface area contributed by atoms with Gasteiger partial charge >= 0.3 is 5.97 Å². The molecule has 2 rings (SSSR count). The van der Waals surface area contributed by atoms with E-state index >= 15 is 0 Å². The van der Waals surface area contributed by atoms with Crippen molar-refractivity contribution < 1.29 is 14.3 Å². The fourth-order valence-electron chi connectivity index (χ4n) is 2.65. The topological polar surface area (TPSA) is 68.0 Å². The third-order valence-corrected chi connectivity index (χ3v) is 5.17. The van der Waals surface area contributed by atoms with Crippen LogP contribution in [0.4, 0.5) is 10.7 Å². The fourth-order valence-corrected chi connectivity index (χ4v) is 3.81. The zero-order valence-corrected chi connectivity index (χ0v) is 13.8. The van der Waals surface area contributed by atoms with E-state index in [1.807, 2.05) is 0 Å². The van der Waals surface area contributed by atoms with Gasteiger partial charge in [0.1, 0.15) is 15.6 Å². The van der Waals surface area contributed by atoms with E-state index in [1.165, 1.54) is 18.4 Å². The van der Waals surface area contributed by atoms with Crippen LogP contribution in [0.15, 0.2) is 0 Å². The number of esters is 1. The van der Waals surface area contributed by atoms with Gasteiger partial charge in [0.15, 0.2) is 5.75 Å². The molecule has 1 aliphatic heterocycles. The average Bonchev–Trinajstić information content (AvgIpc) is 2.83. The van der Waals surface area contributed by atoms with Crippen LogP contribution in [0.3, 0.4) is 0 Å². The second kappa shape index (κ2) is 6.53. The molecule has 1 fully saturated rings. The van der Waals surface area contributed by atoms with E-state index in [0.717, 1.165) is 30.9 Å². The Morgan fingerprint density at radius 2 is 1.95 bits per heavy atom. The Kier molecular flexibility index (Phi) is 4.95. The first-order valence-corrected chi connectivity index (χ1v) is 7.77. The van der Waals surface area contributed by atoms with Crippen molar-refractivity contribution in [2.75, 3.05) is 52.0 Å². The van der Waals surface area contributed by atoms with Crippen molar-refractivity contribution in [3.8, 4) is 5.75 Å². The maximum absolute atomic E-state index is 11.8. The van der Waals surface area contributed by atoms with Crippen LogP contribution in [0.5, 0.6) is 5.75 Å². The summed E-state index contributed by atoms with van der Waals surface area (Å²) in [5, 5.41) is 0.924. The van der Waals surface area contributed by atoms with Gasteiger partial charge in [-0.15, -0.1) is 11.3 Å². The molecule has 0 amide bonds. The minimum atomic E-state index is -0.412. The summed E-state index contributed by atoms with van der Waals surface area (Å²) in [6.07, 6.45) is 2.17. The highest BCUT2D eigenvalue weighted by Crippen LogP contribution is 2.45. The van der Waals surface area contributed by atoms with Gasteiger partial charge in [0.05, 0.1) is 14.2 Å². The van der Waals surface area contributed by atoms with Gasteiger partial charge in [0, 0.05) is 19.1 Å². The van der Waals surface area contributed by atoms with Gasteiger partial charge < -0.3 is 25.0 Å². The summed E-state index contributed by atoms with van der Waals surface area (Å²) in [6.45, 7) is 1.86. The predicted molar refractivity (Wildman–Crippen MR) is 85.5 cm³/mol. The van der Waals surface area contributed by atoms with Crippen molar-refractivity contribution in [2.24, 2.45) is 0 Å². The Bertz CT molecular complexity index is 508. The normalized spacial score (nSPS) is 16.3. The van der Waals surface area contributed by atoms with Gasteiger partial charge in [0.2, 0.25) is 0 Å². The van der Waals surface area contributed by atoms with E-state index in [1.54, 1.807) is 7.11 Å². The van der Waals surface area contributed by atoms with Crippen molar-refractivity contribution in [1.29, 1.82) is 0 Å². The molecule has 0 bridgehead atoms. The number of nitrogens with two attached hydrogens (primary N) is 1. The first-order chi connectivity index (χ1) is 9.99. The van der Waals surface area contributed by atoms with Crippen LogP contribution in [0, 0.1) is 0 Å². The SMILES string of the molecule is COC(=O)c1sc(N2CCC(N(C)C)CC2)c(OC)c1N. The van der Waals surface area contributed by atoms with Crippen molar-refractivity contribution in [1.82, 2.24) is 4.90 Å². The highest BCUT2D eigenvalue weighted by Gasteiger charge is 2.28. The lowest BCUT2D eigenvalue weighted by Crippen LogP contribution is -2.41. The van der Waals surface area contributed by atoms with Crippen molar-refractivity contribution in [2.45, 2.75) is 18.9 Å². The Labute approximate surface area is 129 Å². The molecule has 2 N–H and O–H groups in total. The number of nitrogen functional groups attached to an aromatic ring is 1. The second-order valence-electron chi connectivity index (χ2n) is 5.36. The number of methoxy groups -OCH3 is 2. The molecule has 0 saturated carbocycles. The molecule has 0 aromatic carbocycles. The molecule has 1 aromatic heterocycles. The van der Waals surface area contributed by atoms with Gasteiger partial charge in [-0.05, 0) is 26.9 Å². The quantitative estimate of drug-likeness (QED) is 0.853. The maximum atomic E-state index is 11.8. The molecular formula is C14H23N3O3S. The number of nitrogens with zero attached hydrogens (tertiary/aromatic N) is 2. The summed E-state index contributed by atoms with van der Waals surface area (Å²) in [5.74, 6) is 0.175. The molecule has 6 nitrogen and oxygen atoms in total. The molecule has 1 aliphatic rings. The van der Waals surface area contributed by atoms with Crippen LogP contribution in [-0.4, -0.2) is 58.3 Å². The smallest absolute Gasteiger partial charge is 0.350 e. The molecule has 1 aromatic rings. The molecule has 21 heavy (non-hydrogen) atoms. The predicted octanol–water partition coefficient (Wildman–Crippen LogP) is 1.66. The first-order valence-electron chi connectivity index (χ1n) is 6.95. The lowest BCUT2D eigenvalue weighted by Gasteiger charge is -2.35. The van der Waals surface area contributed by atoms with Crippen LogP contribution < -0.4 is 15.4 Å². The van der Waals surface area contributed by atoms with Crippen molar-refractivity contribution in [3.63, 3.8) is 0 Å². The largest absolute Gasteiger partial charge is 0.492 e. The van der Waals surface area contributed by atoms with Crippen LogP contribution in [-0.2, 0) is 4.74 Å². The lowest BCUT2D eigenvalue weighted by molar-refractivity contribution is 0.0607. The molecule has 1 saturated heterocycles. The van der Waals surface area contributed by atoms with Gasteiger partial charge in [-0.2, -0.15) is 0 Å². The van der Waals surface area contributed by atoms with Crippen molar-refractivity contribution >= 4 is 28.0 Å². The number of piperidine rings is 1. The lowest BCUT2D eigenvalue weighted by atomic mass is 10.0. The Morgan fingerprint density at radius 3 is 2.43 bits per heavy atom. The Balaban J connectivity index is 2.22. The zero-order valence-electron chi connectivity index (χ0n) is 13.0. The van der Waals surface area contributed by atoms with Crippen LogP contribution in [0.2, 0.25) is 0 Å². The minimum absolute atomic E-state index is 0.374. The number of hydrogen-bond acceptors (Lipinski definition) is 7. The van der Waals surface area contributed by atoms with Crippen LogP contribution in [0.1, 0.15) is 22.5 Å². The van der Waals surface area contributed by atoms with Gasteiger partial charge in [-0.1, -0.05) is 0 Å². The molecule has 2 heterocycles.